The van der Waals surface area contributed by atoms with Gasteiger partial charge in [-0.05, 0) is 19.3 Å². The van der Waals surface area contributed by atoms with Crippen LogP contribution in [0.2, 0.25) is 0 Å². The van der Waals surface area contributed by atoms with Crippen LogP contribution in [0, 0.1) is 0 Å². The molecule has 0 bridgehead atoms. The van der Waals surface area contributed by atoms with E-state index in [2.05, 4.69) is 15.3 Å². The van der Waals surface area contributed by atoms with Gasteiger partial charge in [0, 0.05) is 13.1 Å². The average molecular weight is 250 g/mol. The molecule has 1 aromatic heterocycles. The van der Waals surface area contributed by atoms with Crippen molar-refractivity contribution in [2.75, 3.05) is 32.1 Å². The fourth-order valence-corrected chi connectivity index (χ4v) is 1.92. The van der Waals surface area contributed by atoms with Crippen molar-refractivity contribution in [1.82, 2.24) is 14.9 Å². The number of anilines is 1. The molecule has 0 atom stereocenters. The summed E-state index contributed by atoms with van der Waals surface area (Å²) in [4.78, 5) is 21.9. The van der Waals surface area contributed by atoms with E-state index >= 15 is 0 Å². The summed E-state index contributed by atoms with van der Waals surface area (Å²) >= 11 is 0. The fourth-order valence-electron chi connectivity index (χ4n) is 1.92. The van der Waals surface area contributed by atoms with Gasteiger partial charge in [-0.2, -0.15) is 0 Å². The van der Waals surface area contributed by atoms with Gasteiger partial charge < -0.3 is 15.0 Å². The molecule has 18 heavy (non-hydrogen) atoms. The van der Waals surface area contributed by atoms with Crippen molar-refractivity contribution in [2.45, 2.75) is 19.3 Å². The maximum absolute atomic E-state index is 11.9. The first-order valence-corrected chi connectivity index (χ1v) is 6.17. The number of carbonyl (C=O) groups excluding carboxylic acids is 1. The highest BCUT2D eigenvalue weighted by Crippen LogP contribution is 2.09. The highest BCUT2D eigenvalue weighted by Gasteiger charge is 2.16. The third-order valence-electron chi connectivity index (χ3n) is 2.97. The molecule has 1 N–H and O–H groups in total. The number of carbonyl (C=O) groups is 1. The SMILES string of the molecule is COc1cnc(NCC(=O)N2CCCCC2)nc1. The molecule has 1 saturated heterocycles. The number of ether oxygens (including phenoxy) is 1. The molecule has 1 amide bonds. The van der Waals surface area contributed by atoms with E-state index in [0.29, 0.717) is 11.7 Å². The maximum Gasteiger partial charge on any atom is 0.241 e. The van der Waals surface area contributed by atoms with Crippen LogP contribution in [0.1, 0.15) is 19.3 Å². The van der Waals surface area contributed by atoms with Crippen LogP contribution in [0.4, 0.5) is 5.95 Å². The largest absolute Gasteiger partial charge is 0.494 e. The minimum Gasteiger partial charge on any atom is -0.494 e. The Morgan fingerprint density at radius 2 is 2.00 bits per heavy atom. The lowest BCUT2D eigenvalue weighted by Crippen LogP contribution is -2.39. The minimum atomic E-state index is 0.106. The maximum atomic E-state index is 11.9. The second-order valence-corrected chi connectivity index (χ2v) is 4.24. The van der Waals surface area contributed by atoms with Crippen LogP contribution in [-0.4, -0.2) is 47.5 Å². The first-order valence-electron chi connectivity index (χ1n) is 6.17. The molecule has 0 unspecified atom stereocenters. The van der Waals surface area contributed by atoms with Crippen molar-refractivity contribution < 1.29 is 9.53 Å². The van der Waals surface area contributed by atoms with Crippen LogP contribution in [0.15, 0.2) is 12.4 Å². The number of amides is 1. The molecule has 0 aliphatic carbocycles. The highest BCUT2D eigenvalue weighted by atomic mass is 16.5. The normalized spacial score (nSPS) is 15.3. The number of rotatable bonds is 4. The van der Waals surface area contributed by atoms with E-state index < -0.39 is 0 Å². The molecule has 6 nitrogen and oxygen atoms in total. The second kappa shape index (κ2) is 6.18. The van der Waals surface area contributed by atoms with Gasteiger partial charge in [-0.1, -0.05) is 0 Å². The lowest BCUT2D eigenvalue weighted by atomic mass is 10.1. The van der Waals surface area contributed by atoms with Gasteiger partial charge in [-0.25, -0.2) is 9.97 Å². The van der Waals surface area contributed by atoms with E-state index in [1.54, 1.807) is 19.5 Å². The Hall–Kier alpha value is -1.85. The molecule has 0 radical (unpaired) electrons. The molecule has 0 spiro atoms. The van der Waals surface area contributed by atoms with Gasteiger partial charge in [0.05, 0.1) is 26.0 Å². The third-order valence-corrected chi connectivity index (χ3v) is 2.97. The summed E-state index contributed by atoms with van der Waals surface area (Å²) in [5.41, 5.74) is 0. The Morgan fingerprint density at radius 3 is 2.61 bits per heavy atom. The molecule has 1 aliphatic rings. The summed E-state index contributed by atoms with van der Waals surface area (Å²) in [6, 6.07) is 0. The molecule has 2 heterocycles. The Morgan fingerprint density at radius 1 is 1.33 bits per heavy atom. The highest BCUT2D eigenvalue weighted by molar-refractivity contribution is 5.80. The summed E-state index contributed by atoms with van der Waals surface area (Å²) in [7, 11) is 1.56. The van der Waals surface area contributed by atoms with Gasteiger partial charge in [-0.3, -0.25) is 4.79 Å². The number of aromatic nitrogens is 2. The van der Waals surface area contributed by atoms with Crippen molar-refractivity contribution in [3.63, 3.8) is 0 Å². The molecule has 0 saturated carbocycles. The van der Waals surface area contributed by atoms with E-state index in [-0.39, 0.29) is 12.5 Å². The summed E-state index contributed by atoms with van der Waals surface area (Å²) in [6.07, 6.45) is 6.57. The number of piperidine rings is 1. The molecular weight excluding hydrogens is 232 g/mol. The Kier molecular flexibility index (Phi) is 4.33. The monoisotopic (exact) mass is 250 g/mol. The van der Waals surface area contributed by atoms with Crippen LogP contribution < -0.4 is 10.1 Å². The Balaban J connectivity index is 1.80. The number of nitrogens with one attached hydrogen (secondary N) is 1. The smallest absolute Gasteiger partial charge is 0.241 e. The second-order valence-electron chi connectivity index (χ2n) is 4.24. The number of hydrogen-bond acceptors (Lipinski definition) is 5. The minimum absolute atomic E-state index is 0.106. The Bertz CT molecular complexity index is 388. The predicted octanol–water partition coefficient (Wildman–Crippen LogP) is 0.910. The van der Waals surface area contributed by atoms with Gasteiger partial charge in [0.2, 0.25) is 11.9 Å². The van der Waals surface area contributed by atoms with Crippen LogP contribution >= 0.6 is 0 Å². The number of methoxy groups -OCH3 is 1. The first kappa shape index (κ1) is 12.6. The van der Waals surface area contributed by atoms with Crippen molar-refractivity contribution in [2.24, 2.45) is 0 Å². The molecular formula is C12H18N4O2. The summed E-state index contributed by atoms with van der Waals surface area (Å²) in [5.74, 6) is 1.15. The van der Waals surface area contributed by atoms with E-state index in [1.165, 1.54) is 6.42 Å². The summed E-state index contributed by atoms with van der Waals surface area (Å²) < 4.78 is 4.96. The van der Waals surface area contributed by atoms with Crippen molar-refractivity contribution in [1.29, 1.82) is 0 Å². The lowest BCUT2D eigenvalue weighted by molar-refractivity contribution is -0.130. The van der Waals surface area contributed by atoms with Gasteiger partial charge >= 0.3 is 0 Å². The van der Waals surface area contributed by atoms with Crippen molar-refractivity contribution in [3.05, 3.63) is 12.4 Å². The number of likely N-dealkylation sites (tertiary alicyclic amines) is 1. The zero-order valence-electron chi connectivity index (χ0n) is 10.6. The number of hydrogen-bond donors (Lipinski definition) is 1. The molecule has 98 valence electrons. The molecule has 0 aromatic carbocycles. The van der Waals surface area contributed by atoms with Crippen molar-refractivity contribution >= 4 is 11.9 Å². The molecule has 2 rings (SSSR count). The first-order chi connectivity index (χ1) is 8.79. The standard InChI is InChI=1S/C12H18N4O2/c1-18-10-7-13-12(14-8-10)15-9-11(17)16-5-3-2-4-6-16/h7-8H,2-6,9H2,1H3,(H,13,14,15). The van der Waals surface area contributed by atoms with Crippen LogP contribution in [-0.2, 0) is 4.79 Å². The topological polar surface area (TPSA) is 67.3 Å². The Labute approximate surface area is 106 Å². The van der Waals surface area contributed by atoms with Gasteiger partial charge in [0.15, 0.2) is 5.75 Å². The lowest BCUT2D eigenvalue weighted by Gasteiger charge is -2.26. The zero-order chi connectivity index (χ0) is 12.8. The molecule has 6 heteroatoms. The predicted molar refractivity (Wildman–Crippen MR) is 67.5 cm³/mol. The van der Waals surface area contributed by atoms with E-state index in [0.717, 1.165) is 25.9 Å². The van der Waals surface area contributed by atoms with Gasteiger partial charge in [0.1, 0.15) is 0 Å². The van der Waals surface area contributed by atoms with Crippen LogP contribution in [0.3, 0.4) is 0 Å². The van der Waals surface area contributed by atoms with E-state index in [1.807, 2.05) is 4.90 Å². The van der Waals surface area contributed by atoms with E-state index in [4.69, 9.17) is 4.74 Å². The average Bonchev–Trinajstić information content (AvgIpc) is 2.46. The molecule has 1 fully saturated rings. The van der Waals surface area contributed by atoms with Crippen molar-refractivity contribution in [3.8, 4) is 5.75 Å². The zero-order valence-corrected chi connectivity index (χ0v) is 10.6. The third kappa shape index (κ3) is 3.32. The summed E-state index contributed by atoms with van der Waals surface area (Å²) in [5, 5.41) is 2.92. The summed E-state index contributed by atoms with van der Waals surface area (Å²) in [6.45, 7) is 1.97. The van der Waals surface area contributed by atoms with Gasteiger partial charge in [0.25, 0.3) is 0 Å². The number of nitrogens with zero attached hydrogens (tertiary/aromatic N) is 3. The molecule has 1 aromatic rings. The van der Waals surface area contributed by atoms with Crippen LogP contribution in [0.25, 0.3) is 0 Å². The van der Waals surface area contributed by atoms with E-state index in [9.17, 15) is 4.79 Å². The van der Waals surface area contributed by atoms with Gasteiger partial charge in [-0.15, -0.1) is 0 Å². The fraction of sp³-hybridized carbons (Fsp3) is 0.583. The molecule has 1 aliphatic heterocycles. The van der Waals surface area contributed by atoms with Crippen LogP contribution in [0.5, 0.6) is 5.75 Å². The quantitative estimate of drug-likeness (QED) is 0.860.